The van der Waals surface area contributed by atoms with Gasteiger partial charge in [-0.05, 0) is 37.3 Å². The minimum Gasteiger partial charge on any atom is -0.466 e. The molecule has 8 nitrogen and oxygen atoms in total. The average molecular weight is 346 g/mol. The minimum absolute atomic E-state index is 0.146. The van der Waals surface area contributed by atoms with E-state index in [1.165, 1.54) is 0 Å². The van der Waals surface area contributed by atoms with E-state index in [-0.39, 0.29) is 18.5 Å². The summed E-state index contributed by atoms with van der Waals surface area (Å²) in [5.74, 6) is -0.601. The maximum atomic E-state index is 12.1. The lowest BCUT2D eigenvalue weighted by Gasteiger charge is -2.32. The van der Waals surface area contributed by atoms with Crippen LogP contribution in [0.3, 0.4) is 0 Å². The molecule has 8 heteroatoms. The molecule has 3 unspecified atom stereocenters. The van der Waals surface area contributed by atoms with E-state index in [0.717, 1.165) is 5.56 Å². The Morgan fingerprint density at radius 2 is 2.04 bits per heavy atom. The first kappa shape index (κ1) is 18.6. The van der Waals surface area contributed by atoms with Crippen molar-refractivity contribution in [2.45, 2.75) is 44.9 Å². The Labute approximate surface area is 146 Å². The van der Waals surface area contributed by atoms with Gasteiger partial charge in [0.05, 0.1) is 18.6 Å². The largest absolute Gasteiger partial charge is 0.466 e. The van der Waals surface area contributed by atoms with Gasteiger partial charge in [0, 0.05) is 11.0 Å². The highest BCUT2D eigenvalue weighted by molar-refractivity contribution is 5.73. The third-order valence-electron chi connectivity index (χ3n) is 4.15. The summed E-state index contributed by atoms with van der Waals surface area (Å²) in [5.41, 5.74) is 9.58. The number of carbonyl (C=O) groups is 2. The molecular formula is C17H22N4O4. The van der Waals surface area contributed by atoms with Gasteiger partial charge in [-0.25, -0.2) is 4.79 Å². The van der Waals surface area contributed by atoms with Crippen LogP contribution >= 0.6 is 0 Å². The number of amides is 1. The molecule has 0 spiro atoms. The molecule has 0 aliphatic heterocycles. The third kappa shape index (κ3) is 5.69. The molecule has 1 N–H and O–H groups in total. The predicted molar refractivity (Wildman–Crippen MR) is 90.5 cm³/mol. The minimum atomic E-state index is -0.600. The van der Waals surface area contributed by atoms with Gasteiger partial charge in [-0.2, -0.15) is 0 Å². The molecular weight excluding hydrogens is 324 g/mol. The summed E-state index contributed by atoms with van der Waals surface area (Å²) in [5, 5.41) is 6.45. The fraction of sp³-hybridized carbons (Fsp3) is 0.529. The lowest BCUT2D eigenvalue weighted by atomic mass is 9.82. The van der Waals surface area contributed by atoms with Crippen molar-refractivity contribution in [1.82, 2.24) is 5.32 Å². The molecule has 2 rings (SSSR count). The Bertz CT molecular complexity index is 631. The lowest BCUT2D eigenvalue weighted by molar-refractivity contribution is -0.149. The first-order valence-electron chi connectivity index (χ1n) is 8.32. The number of nitrogens with zero attached hydrogens (tertiary/aromatic N) is 3. The van der Waals surface area contributed by atoms with Gasteiger partial charge in [-0.15, -0.1) is 0 Å². The summed E-state index contributed by atoms with van der Waals surface area (Å²) in [7, 11) is 0. The molecule has 0 saturated heterocycles. The van der Waals surface area contributed by atoms with Crippen LogP contribution in [-0.2, 0) is 20.9 Å². The van der Waals surface area contributed by atoms with Gasteiger partial charge in [0.25, 0.3) is 0 Å². The second-order valence-electron chi connectivity index (χ2n) is 5.85. The fourth-order valence-corrected chi connectivity index (χ4v) is 2.90. The van der Waals surface area contributed by atoms with Crippen molar-refractivity contribution in [2.24, 2.45) is 11.0 Å². The number of hydrogen-bond donors (Lipinski definition) is 1. The molecule has 1 saturated carbocycles. The highest BCUT2D eigenvalue weighted by Gasteiger charge is 2.35. The number of esters is 1. The number of carbonyl (C=O) groups excluding carboxylic acids is 2. The molecule has 1 aromatic rings. The van der Waals surface area contributed by atoms with E-state index in [4.69, 9.17) is 15.0 Å². The van der Waals surface area contributed by atoms with E-state index in [0.29, 0.717) is 25.9 Å². The van der Waals surface area contributed by atoms with Crippen molar-refractivity contribution in [1.29, 1.82) is 0 Å². The van der Waals surface area contributed by atoms with Crippen LogP contribution in [0.1, 0.15) is 31.7 Å². The van der Waals surface area contributed by atoms with Gasteiger partial charge >= 0.3 is 12.1 Å². The molecule has 0 radical (unpaired) electrons. The van der Waals surface area contributed by atoms with Crippen molar-refractivity contribution in [3.05, 3.63) is 46.3 Å². The summed E-state index contributed by atoms with van der Waals surface area (Å²) >= 11 is 0. The van der Waals surface area contributed by atoms with Crippen molar-refractivity contribution in [3.8, 4) is 0 Å². The van der Waals surface area contributed by atoms with Gasteiger partial charge in [-0.3, -0.25) is 4.79 Å². The number of benzene rings is 1. The highest BCUT2D eigenvalue weighted by Crippen LogP contribution is 2.28. The molecule has 1 aromatic carbocycles. The first-order chi connectivity index (χ1) is 12.1. The summed E-state index contributed by atoms with van der Waals surface area (Å²) < 4.78 is 10.2. The Balaban J connectivity index is 1.93. The van der Waals surface area contributed by atoms with Crippen LogP contribution in [0.5, 0.6) is 0 Å². The molecule has 1 fully saturated rings. The normalized spacial score (nSPS) is 22.4. The van der Waals surface area contributed by atoms with Crippen LogP contribution in [0.4, 0.5) is 4.79 Å². The topological polar surface area (TPSA) is 113 Å². The van der Waals surface area contributed by atoms with Gasteiger partial charge in [0.15, 0.2) is 0 Å². The maximum Gasteiger partial charge on any atom is 0.407 e. The van der Waals surface area contributed by atoms with E-state index in [1.807, 2.05) is 30.3 Å². The second-order valence-corrected chi connectivity index (χ2v) is 5.85. The maximum absolute atomic E-state index is 12.1. The van der Waals surface area contributed by atoms with Gasteiger partial charge in [-0.1, -0.05) is 35.4 Å². The zero-order valence-electron chi connectivity index (χ0n) is 14.1. The third-order valence-corrected chi connectivity index (χ3v) is 4.15. The number of azide groups is 1. The van der Waals surface area contributed by atoms with Gasteiger partial charge in [0.2, 0.25) is 0 Å². The molecule has 1 amide bonds. The van der Waals surface area contributed by atoms with E-state index in [1.54, 1.807) is 6.92 Å². The molecule has 1 aliphatic rings. The summed E-state index contributed by atoms with van der Waals surface area (Å²) in [4.78, 5) is 26.8. The van der Waals surface area contributed by atoms with E-state index >= 15 is 0 Å². The van der Waals surface area contributed by atoms with Crippen LogP contribution in [0.15, 0.2) is 35.4 Å². The van der Waals surface area contributed by atoms with Crippen LogP contribution < -0.4 is 5.32 Å². The van der Waals surface area contributed by atoms with Crippen molar-refractivity contribution in [2.75, 3.05) is 6.61 Å². The smallest absolute Gasteiger partial charge is 0.407 e. The summed E-state index contributed by atoms with van der Waals surface area (Å²) in [6, 6.07) is 8.45. The summed E-state index contributed by atoms with van der Waals surface area (Å²) in [6.45, 7) is 2.21. The van der Waals surface area contributed by atoms with Crippen molar-refractivity contribution in [3.63, 3.8) is 0 Å². The fourth-order valence-electron chi connectivity index (χ4n) is 2.90. The second kappa shape index (κ2) is 9.54. The van der Waals surface area contributed by atoms with Crippen molar-refractivity contribution >= 4 is 12.1 Å². The first-order valence-corrected chi connectivity index (χ1v) is 8.32. The standard InChI is InChI=1S/C17H22N4O4/c1-2-24-16(22)13-8-9-14(20-21-18)15(10-13)19-17(23)25-11-12-6-4-3-5-7-12/h3-7,13-15H,2,8-11H2,1H3,(H,19,23). The number of ether oxygens (including phenoxy) is 2. The lowest BCUT2D eigenvalue weighted by Crippen LogP contribution is -2.47. The SMILES string of the molecule is CCOC(=O)C1CCC(N=[N+]=[N-])C(NC(=O)OCc2ccccc2)C1. The Hall–Kier alpha value is -2.73. The number of alkyl carbamates (subject to hydrolysis) is 1. The van der Waals surface area contributed by atoms with Crippen LogP contribution in [0.2, 0.25) is 0 Å². The monoisotopic (exact) mass is 346 g/mol. The molecule has 0 heterocycles. The van der Waals surface area contributed by atoms with Crippen LogP contribution in [-0.4, -0.2) is 30.8 Å². The molecule has 3 atom stereocenters. The zero-order valence-corrected chi connectivity index (χ0v) is 14.1. The highest BCUT2D eigenvalue weighted by atomic mass is 16.5. The predicted octanol–water partition coefficient (Wildman–Crippen LogP) is 3.32. The number of hydrogen-bond acceptors (Lipinski definition) is 5. The molecule has 0 bridgehead atoms. The van der Waals surface area contributed by atoms with Crippen molar-refractivity contribution < 1.29 is 19.1 Å². The van der Waals surface area contributed by atoms with E-state index in [2.05, 4.69) is 15.3 Å². The van der Waals surface area contributed by atoms with Crippen LogP contribution in [0, 0.1) is 5.92 Å². The Morgan fingerprint density at radius 3 is 2.72 bits per heavy atom. The average Bonchev–Trinajstić information content (AvgIpc) is 2.62. The molecule has 1 aliphatic carbocycles. The van der Waals surface area contributed by atoms with Gasteiger partial charge in [0.1, 0.15) is 6.61 Å². The molecule has 25 heavy (non-hydrogen) atoms. The Morgan fingerprint density at radius 1 is 1.28 bits per heavy atom. The summed E-state index contributed by atoms with van der Waals surface area (Å²) in [6.07, 6.45) is 0.844. The number of rotatable bonds is 6. The molecule has 134 valence electrons. The Kier molecular flexibility index (Phi) is 7.10. The van der Waals surface area contributed by atoms with E-state index < -0.39 is 18.2 Å². The van der Waals surface area contributed by atoms with E-state index in [9.17, 15) is 9.59 Å². The number of nitrogens with one attached hydrogen (secondary N) is 1. The zero-order chi connectivity index (χ0) is 18.1. The van der Waals surface area contributed by atoms with Gasteiger partial charge < -0.3 is 14.8 Å². The molecule has 0 aromatic heterocycles. The van der Waals surface area contributed by atoms with Crippen LogP contribution in [0.25, 0.3) is 10.4 Å². The quantitative estimate of drug-likeness (QED) is 0.368.